The first-order chi connectivity index (χ1) is 5.29. The summed E-state index contributed by atoms with van der Waals surface area (Å²) in [6, 6.07) is 5.86. The number of aromatic nitrogens is 1. The fraction of sp³-hybridized carbons (Fsp3) is 0.222. The summed E-state index contributed by atoms with van der Waals surface area (Å²) in [5.41, 5.74) is 0.987. The van der Waals surface area contributed by atoms with Crippen LogP contribution in [0.2, 0.25) is 0 Å². The first-order valence-electron chi connectivity index (χ1n) is 3.55. The Morgan fingerprint density at radius 1 is 1.36 bits per heavy atom. The predicted octanol–water partition coefficient (Wildman–Crippen LogP) is 1.61. The Bertz CT molecular complexity index is 227. The van der Waals surface area contributed by atoms with Crippen molar-refractivity contribution < 1.29 is 0 Å². The van der Waals surface area contributed by atoms with Crippen LogP contribution in [0.15, 0.2) is 30.6 Å². The van der Waals surface area contributed by atoms with Gasteiger partial charge in [-0.25, -0.2) is 0 Å². The van der Waals surface area contributed by atoms with Gasteiger partial charge in [-0.15, -0.1) is 0 Å². The van der Waals surface area contributed by atoms with Crippen molar-refractivity contribution in [1.29, 1.82) is 0 Å². The molecule has 1 aromatic rings. The molecule has 1 heterocycles. The number of pyridine rings is 1. The van der Waals surface area contributed by atoms with Gasteiger partial charge in [0.25, 0.3) is 0 Å². The molecule has 0 amide bonds. The van der Waals surface area contributed by atoms with Gasteiger partial charge in [-0.2, -0.15) is 0 Å². The van der Waals surface area contributed by atoms with E-state index in [1.165, 1.54) is 0 Å². The van der Waals surface area contributed by atoms with Crippen molar-refractivity contribution >= 4 is 6.08 Å². The second-order valence-corrected chi connectivity index (χ2v) is 2.53. The molecule has 2 heteroatoms. The van der Waals surface area contributed by atoms with Crippen molar-refractivity contribution in [2.24, 2.45) is 0 Å². The molecule has 0 saturated carbocycles. The Labute approximate surface area is 67.2 Å². The molecule has 0 bridgehead atoms. The summed E-state index contributed by atoms with van der Waals surface area (Å²) in [6.45, 7) is 0. The molecule has 0 aliphatic heterocycles. The standard InChI is InChI=1S/C9H12N2/c1-11(2)8-6-9-5-3-4-7-10-9/h3-8H,1-2H3/b8-6-. The van der Waals surface area contributed by atoms with E-state index in [1.54, 1.807) is 6.20 Å². The monoisotopic (exact) mass is 148 g/mol. The predicted molar refractivity (Wildman–Crippen MR) is 47.0 cm³/mol. The van der Waals surface area contributed by atoms with E-state index in [0.29, 0.717) is 0 Å². The van der Waals surface area contributed by atoms with E-state index in [-0.39, 0.29) is 0 Å². The first-order valence-corrected chi connectivity index (χ1v) is 3.55. The third-order valence-corrected chi connectivity index (χ3v) is 1.23. The van der Waals surface area contributed by atoms with Crippen LogP contribution in [0.4, 0.5) is 0 Å². The lowest BCUT2D eigenvalue weighted by atomic mass is 10.3. The maximum absolute atomic E-state index is 4.14. The van der Waals surface area contributed by atoms with Crippen molar-refractivity contribution in [2.45, 2.75) is 0 Å². The topological polar surface area (TPSA) is 16.1 Å². The highest BCUT2D eigenvalue weighted by molar-refractivity contribution is 5.42. The second kappa shape index (κ2) is 3.76. The van der Waals surface area contributed by atoms with Crippen LogP contribution in [-0.4, -0.2) is 24.0 Å². The Balaban J connectivity index is 2.65. The molecule has 0 atom stereocenters. The molecule has 2 nitrogen and oxygen atoms in total. The molecule has 0 fully saturated rings. The minimum Gasteiger partial charge on any atom is -0.383 e. The molecule has 0 aliphatic carbocycles. The third-order valence-electron chi connectivity index (χ3n) is 1.23. The van der Waals surface area contributed by atoms with Gasteiger partial charge in [0.15, 0.2) is 0 Å². The van der Waals surface area contributed by atoms with Crippen LogP contribution in [0.3, 0.4) is 0 Å². The van der Waals surface area contributed by atoms with Crippen LogP contribution in [0, 0.1) is 0 Å². The Hall–Kier alpha value is -1.31. The van der Waals surface area contributed by atoms with Crippen molar-refractivity contribution in [2.75, 3.05) is 14.1 Å². The van der Waals surface area contributed by atoms with E-state index in [2.05, 4.69) is 4.98 Å². The molecule has 58 valence electrons. The molecule has 0 spiro atoms. The average molecular weight is 148 g/mol. The lowest BCUT2D eigenvalue weighted by Gasteiger charge is -2.01. The van der Waals surface area contributed by atoms with Gasteiger partial charge in [0.05, 0.1) is 5.69 Å². The summed E-state index contributed by atoms with van der Waals surface area (Å²) in [7, 11) is 3.97. The molecule has 0 saturated heterocycles. The van der Waals surface area contributed by atoms with Crippen LogP contribution >= 0.6 is 0 Å². The fourth-order valence-corrected chi connectivity index (χ4v) is 0.700. The molecule has 11 heavy (non-hydrogen) atoms. The summed E-state index contributed by atoms with van der Waals surface area (Å²) >= 11 is 0. The van der Waals surface area contributed by atoms with Crippen LogP contribution in [0.25, 0.3) is 6.08 Å². The molecular weight excluding hydrogens is 136 g/mol. The summed E-state index contributed by atoms with van der Waals surface area (Å²) in [4.78, 5) is 6.12. The highest BCUT2D eigenvalue weighted by Crippen LogP contribution is 1.95. The molecule has 0 N–H and O–H groups in total. The minimum absolute atomic E-state index is 0.987. The number of nitrogens with zero attached hydrogens (tertiary/aromatic N) is 2. The number of hydrogen-bond donors (Lipinski definition) is 0. The SMILES string of the molecule is CN(C)/C=C\c1ccccn1. The zero-order valence-corrected chi connectivity index (χ0v) is 6.86. The van der Waals surface area contributed by atoms with Gasteiger partial charge in [-0.1, -0.05) is 6.07 Å². The maximum atomic E-state index is 4.14. The van der Waals surface area contributed by atoms with Crippen LogP contribution in [0.5, 0.6) is 0 Å². The molecule has 1 aromatic heterocycles. The highest BCUT2D eigenvalue weighted by atomic mass is 15.0. The number of rotatable bonds is 2. The lowest BCUT2D eigenvalue weighted by molar-refractivity contribution is 0.567. The van der Waals surface area contributed by atoms with E-state index in [0.717, 1.165) is 5.69 Å². The second-order valence-electron chi connectivity index (χ2n) is 2.53. The van der Waals surface area contributed by atoms with E-state index in [1.807, 2.05) is 49.5 Å². The smallest absolute Gasteiger partial charge is 0.0644 e. The summed E-state index contributed by atoms with van der Waals surface area (Å²) < 4.78 is 0. The van der Waals surface area contributed by atoms with E-state index in [9.17, 15) is 0 Å². The number of hydrogen-bond acceptors (Lipinski definition) is 2. The van der Waals surface area contributed by atoms with Crippen molar-refractivity contribution in [1.82, 2.24) is 9.88 Å². The maximum Gasteiger partial charge on any atom is 0.0644 e. The quantitative estimate of drug-likeness (QED) is 0.633. The molecule has 0 radical (unpaired) electrons. The van der Waals surface area contributed by atoms with Crippen molar-refractivity contribution in [3.05, 3.63) is 36.3 Å². The van der Waals surface area contributed by atoms with E-state index >= 15 is 0 Å². The fourth-order valence-electron chi connectivity index (χ4n) is 0.700. The van der Waals surface area contributed by atoms with Crippen LogP contribution < -0.4 is 0 Å². The average Bonchev–Trinajstić information content (AvgIpc) is 2.03. The minimum atomic E-state index is 0.987. The zero-order chi connectivity index (χ0) is 8.10. The Morgan fingerprint density at radius 2 is 2.18 bits per heavy atom. The zero-order valence-electron chi connectivity index (χ0n) is 6.86. The normalized spacial score (nSPS) is 10.4. The Kier molecular flexibility index (Phi) is 2.66. The van der Waals surface area contributed by atoms with Gasteiger partial charge in [0.1, 0.15) is 0 Å². The van der Waals surface area contributed by atoms with Gasteiger partial charge >= 0.3 is 0 Å². The van der Waals surface area contributed by atoms with Crippen LogP contribution in [0.1, 0.15) is 5.69 Å². The molecular formula is C9H12N2. The highest BCUT2D eigenvalue weighted by Gasteiger charge is 1.83. The lowest BCUT2D eigenvalue weighted by Crippen LogP contribution is -1.99. The summed E-state index contributed by atoms with van der Waals surface area (Å²) in [5, 5.41) is 0. The molecule has 0 unspecified atom stereocenters. The largest absolute Gasteiger partial charge is 0.383 e. The van der Waals surface area contributed by atoms with E-state index in [4.69, 9.17) is 0 Å². The van der Waals surface area contributed by atoms with Crippen molar-refractivity contribution in [3.63, 3.8) is 0 Å². The summed E-state index contributed by atoms with van der Waals surface area (Å²) in [5.74, 6) is 0. The van der Waals surface area contributed by atoms with Gasteiger partial charge < -0.3 is 4.90 Å². The first kappa shape index (κ1) is 7.79. The molecule has 1 rings (SSSR count). The van der Waals surface area contributed by atoms with Crippen LogP contribution in [-0.2, 0) is 0 Å². The third kappa shape index (κ3) is 2.85. The summed E-state index contributed by atoms with van der Waals surface area (Å²) in [6.07, 6.45) is 5.73. The van der Waals surface area contributed by atoms with E-state index < -0.39 is 0 Å². The Morgan fingerprint density at radius 3 is 2.73 bits per heavy atom. The van der Waals surface area contributed by atoms with Gasteiger partial charge in [0, 0.05) is 26.5 Å². The van der Waals surface area contributed by atoms with Gasteiger partial charge in [0.2, 0.25) is 0 Å². The molecule has 0 aromatic carbocycles. The molecule has 0 aliphatic rings. The van der Waals surface area contributed by atoms with Crippen molar-refractivity contribution in [3.8, 4) is 0 Å². The van der Waals surface area contributed by atoms with Gasteiger partial charge in [-0.3, -0.25) is 4.98 Å². The van der Waals surface area contributed by atoms with Gasteiger partial charge in [-0.05, 0) is 18.2 Å².